The third-order valence-electron chi connectivity index (χ3n) is 7.84. The minimum atomic E-state index is -0.458. The van der Waals surface area contributed by atoms with Crippen LogP contribution in [0.25, 0.3) is 0 Å². The number of carbonyl (C=O) groups excluding carboxylic acids is 1. The van der Waals surface area contributed by atoms with Crippen molar-refractivity contribution < 1.29 is 28.7 Å². The minimum Gasteiger partial charge on any atom is -0.493 e. The van der Waals surface area contributed by atoms with Crippen molar-refractivity contribution in [1.29, 1.82) is 0 Å². The van der Waals surface area contributed by atoms with Crippen molar-refractivity contribution in [2.45, 2.75) is 31.7 Å². The first kappa shape index (κ1) is 30.6. The number of ether oxygens (including phenoxy) is 4. The maximum Gasteiger partial charge on any atom is 0.269 e. The van der Waals surface area contributed by atoms with Crippen LogP contribution in [0.2, 0.25) is 0 Å². The predicted octanol–water partition coefficient (Wildman–Crippen LogP) is 5.02. The van der Waals surface area contributed by atoms with E-state index in [1.165, 1.54) is 17.7 Å². The number of hydrogen-bond donors (Lipinski definition) is 0. The highest BCUT2D eigenvalue weighted by Crippen LogP contribution is 2.29. The van der Waals surface area contributed by atoms with Crippen molar-refractivity contribution in [3.8, 4) is 23.0 Å². The lowest BCUT2D eigenvalue weighted by molar-refractivity contribution is -0.384. The van der Waals surface area contributed by atoms with E-state index in [1.807, 2.05) is 35.2 Å². The van der Waals surface area contributed by atoms with Gasteiger partial charge >= 0.3 is 0 Å². The molecule has 1 amide bonds. The van der Waals surface area contributed by atoms with Crippen molar-refractivity contribution in [2.24, 2.45) is 0 Å². The molecule has 10 nitrogen and oxygen atoms in total. The number of non-ortho nitro benzene ring substituents is 1. The Morgan fingerprint density at radius 3 is 1.83 bits per heavy atom. The number of benzene rings is 3. The highest BCUT2D eigenvalue weighted by atomic mass is 16.6. The number of carbonyl (C=O) groups is 1. The van der Waals surface area contributed by atoms with Crippen LogP contribution in [0.15, 0.2) is 60.7 Å². The number of rotatable bonds is 13. The maximum atomic E-state index is 13.8. The monoisotopic (exact) mass is 577 g/mol. The summed E-state index contributed by atoms with van der Waals surface area (Å²) in [6.45, 7) is 3.17. The van der Waals surface area contributed by atoms with Gasteiger partial charge in [0.05, 0.1) is 33.4 Å². The zero-order chi connectivity index (χ0) is 30.1. The summed E-state index contributed by atoms with van der Waals surface area (Å²) in [4.78, 5) is 28.8. The molecule has 3 aromatic carbocycles. The molecule has 0 aromatic heterocycles. The zero-order valence-electron chi connectivity index (χ0n) is 24.7. The fourth-order valence-corrected chi connectivity index (χ4v) is 5.41. The van der Waals surface area contributed by atoms with E-state index < -0.39 is 4.92 Å². The van der Waals surface area contributed by atoms with Crippen molar-refractivity contribution >= 4 is 11.6 Å². The molecule has 4 rings (SSSR count). The van der Waals surface area contributed by atoms with Crippen LogP contribution < -0.4 is 18.9 Å². The average Bonchev–Trinajstić information content (AvgIpc) is 3.03. The van der Waals surface area contributed by atoms with Gasteiger partial charge in [0.25, 0.3) is 11.6 Å². The Morgan fingerprint density at radius 2 is 1.33 bits per heavy atom. The normalized spacial score (nSPS) is 13.8. The number of piperidine rings is 1. The Bertz CT molecular complexity index is 1350. The number of methoxy groups -OCH3 is 4. The van der Waals surface area contributed by atoms with E-state index in [1.54, 1.807) is 40.6 Å². The molecule has 0 unspecified atom stereocenters. The summed E-state index contributed by atoms with van der Waals surface area (Å²) in [5.74, 6) is 2.62. The van der Waals surface area contributed by atoms with E-state index in [2.05, 4.69) is 11.0 Å². The first-order chi connectivity index (χ1) is 20.4. The van der Waals surface area contributed by atoms with Gasteiger partial charge in [-0.15, -0.1) is 0 Å². The van der Waals surface area contributed by atoms with Crippen LogP contribution in [0, 0.1) is 10.1 Å². The van der Waals surface area contributed by atoms with E-state index in [0.29, 0.717) is 35.8 Å². The molecule has 0 spiro atoms. The van der Waals surface area contributed by atoms with Gasteiger partial charge < -0.3 is 28.7 Å². The molecule has 0 saturated carbocycles. The highest BCUT2D eigenvalue weighted by molar-refractivity contribution is 5.94. The van der Waals surface area contributed by atoms with Gasteiger partial charge in [-0.25, -0.2) is 0 Å². The molecule has 1 heterocycles. The van der Waals surface area contributed by atoms with Gasteiger partial charge in [-0.2, -0.15) is 0 Å². The highest BCUT2D eigenvalue weighted by Gasteiger charge is 2.29. The summed E-state index contributed by atoms with van der Waals surface area (Å²) in [6, 6.07) is 17.7. The average molecular weight is 578 g/mol. The summed E-state index contributed by atoms with van der Waals surface area (Å²) in [6.07, 6.45) is 3.21. The zero-order valence-corrected chi connectivity index (χ0v) is 24.7. The maximum absolute atomic E-state index is 13.8. The molecule has 1 fully saturated rings. The molecule has 42 heavy (non-hydrogen) atoms. The Hall–Kier alpha value is -4.31. The fraction of sp³-hybridized carbons (Fsp3) is 0.406. The molecular weight excluding hydrogens is 538 g/mol. The summed E-state index contributed by atoms with van der Waals surface area (Å²) < 4.78 is 21.6. The number of nitrogens with zero attached hydrogens (tertiary/aromatic N) is 3. The number of hydrogen-bond acceptors (Lipinski definition) is 8. The minimum absolute atomic E-state index is 0.0359. The fourth-order valence-electron chi connectivity index (χ4n) is 5.41. The molecule has 224 valence electrons. The van der Waals surface area contributed by atoms with Crippen LogP contribution >= 0.6 is 0 Å². The van der Waals surface area contributed by atoms with Gasteiger partial charge in [-0.05, 0) is 73.2 Å². The van der Waals surface area contributed by atoms with Gasteiger partial charge in [0.1, 0.15) is 0 Å². The summed E-state index contributed by atoms with van der Waals surface area (Å²) in [5, 5.41) is 11.1. The van der Waals surface area contributed by atoms with Crippen LogP contribution in [0.5, 0.6) is 23.0 Å². The number of nitro benzene ring substituents is 1. The topological polar surface area (TPSA) is 104 Å². The number of nitro groups is 1. The molecule has 10 heteroatoms. The largest absolute Gasteiger partial charge is 0.493 e. The summed E-state index contributed by atoms with van der Waals surface area (Å²) >= 11 is 0. The Kier molecular flexibility index (Phi) is 10.6. The van der Waals surface area contributed by atoms with E-state index in [0.717, 1.165) is 50.2 Å². The Morgan fingerprint density at radius 1 is 0.810 bits per heavy atom. The standard InChI is InChI=1S/C32H39N3O7/c1-39-28-11-5-23(21-30(28)41-3)13-17-33-18-15-26(16-19-33)34(32(36)25-7-9-27(10-8-25)35(37)38)20-14-24-6-12-29(40-2)31(22-24)42-4/h5-12,21-22,26H,13-20H2,1-4H3. The Balaban J connectivity index is 1.43. The molecule has 1 saturated heterocycles. The van der Waals surface area contributed by atoms with E-state index in [-0.39, 0.29) is 17.6 Å². The molecule has 0 atom stereocenters. The van der Waals surface area contributed by atoms with Crippen molar-refractivity contribution in [3.05, 3.63) is 87.5 Å². The van der Waals surface area contributed by atoms with Crippen LogP contribution in [0.1, 0.15) is 34.3 Å². The number of amides is 1. The lowest BCUT2D eigenvalue weighted by Crippen LogP contribution is -2.48. The van der Waals surface area contributed by atoms with Crippen LogP contribution in [0.4, 0.5) is 5.69 Å². The van der Waals surface area contributed by atoms with Crippen molar-refractivity contribution in [3.63, 3.8) is 0 Å². The SMILES string of the molecule is COc1ccc(CCN2CCC(N(CCc3ccc(OC)c(OC)c3)C(=O)c3ccc([N+](=O)[O-])cc3)CC2)cc1OC. The quantitative estimate of drug-likeness (QED) is 0.206. The van der Waals surface area contributed by atoms with Crippen LogP contribution in [-0.2, 0) is 12.8 Å². The van der Waals surface area contributed by atoms with Crippen molar-refractivity contribution in [1.82, 2.24) is 9.80 Å². The van der Waals surface area contributed by atoms with Crippen LogP contribution in [-0.4, -0.2) is 81.3 Å². The van der Waals surface area contributed by atoms with E-state index in [4.69, 9.17) is 18.9 Å². The second-order valence-corrected chi connectivity index (χ2v) is 10.3. The number of likely N-dealkylation sites (tertiary alicyclic amines) is 1. The molecule has 3 aromatic rings. The van der Waals surface area contributed by atoms with Crippen LogP contribution in [0.3, 0.4) is 0 Å². The second-order valence-electron chi connectivity index (χ2n) is 10.3. The van der Waals surface area contributed by atoms with Gasteiger partial charge in [0.2, 0.25) is 0 Å². The van der Waals surface area contributed by atoms with E-state index >= 15 is 0 Å². The van der Waals surface area contributed by atoms with Gasteiger partial charge in [0.15, 0.2) is 23.0 Å². The van der Waals surface area contributed by atoms with Gasteiger partial charge in [0, 0.05) is 49.9 Å². The van der Waals surface area contributed by atoms with E-state index in [9.17, 15) is 14.9 Å². The first-order valence-corrected chi connectivity index (χ1v) is 14.1. The van der Waals surface area contributed by atoms with Gasteiger partial charge in [-0.1, -0.05) is 12.1 Å². The molecule has 1 aliphatic rings. The lowest BCUT2D eigenvalue weighted by atomic mass is 10.00. The molecule has 0 aliphatic carbocycles. The lowest BCUT2D eigenvalue weighted by Gasteiger charge is -2.39. The second kappa shape index (κ2) is 14.5. The molecular formula is C32H39N3O7. The molecule has 0 radical (unpaired) electrons. The predicted molar refractivity (Wildman–Crippen MR) is 160 cm³/mol. The third kappa shape index (κ3) is 7.50. The Labute approximate surface area is 246 Å². The first-order valence-electron chi connectivity index (χ1n) is 14.1. The smallest absolute Gasteiger partial charge is 0.269 e. The van der Waals surface area contributed by atoms with Gasteiger partial charge in [-0.3, -0.25) is 14.9 Å². The molecule has 0 bridgehead atoms. The summed E-state index contributed by atoms with van der Waals surface area (Å²) in [7, 11) is 6.47. The van der Waals surface area contributed by atoms with Crippen molar-refractivity contribution in [2.75, 3.05) is 54.6 Å². The molecule has 0 N–H and O–H groups in total. The molecule has 1 aliphatic heterocycles. The third-order valence-corrected chi connectivity index (χ3v) is 7.84. The summed E-state index contributed by atoms with van der Waals surface area (Å²) in [5.41, 5.74) is 2.62.